The zero-order valence-corrected chi connectivity index (χ0v) is 14.1. The molecule has 0 saturated heterocycles. The molecular formula is C18H13N9. The van der Waals surface area contributed by atoms with E-state index < -0.39 is 0 Å². The summed E-state index contributed by atoms with van der Waals surface area (Å²) in [7, 11) is 0. The Bertz CT molecular complexity index is 1250. The molecule has 4 heterocycles. The van der Waals surface area contributed by atoms with Crippen molar-refractivity contribution in [2.75, 3.05) is 0 Å². The highest BCUT2D eigenvalue weighted by atomic mass is 15.3. The second kappa shape index (κ2) is 6.37. The Morgan fingerprint density at radius 2 is 1.96 bits per heavy atom. The van der Waals surface area contributed by atoms with E-state index in [4.69, 9.17) is 0 Å². The third-order valence-corrected chi connectivity index (χ3v) is 4.17. The number of rotatable bonds is 4. The Balaban J connectivity index is 1.54. The average Bonchev–Trinajstić information content (AvgIpc) is 3.36. The van der Waals surface area contributed by atoms with Crippen molar-refractivity contribution in [2.24, 2.45) is 10.2 Å². The summed E-state index contributed by atoms with van der Waals surface area (Å²) < 4.78 is 1.74. The van der Waals surface area contributed by atoms with Crippen LogP contribution in [-0.2, 0) is 6.54 Å². The number of nitrogens with zero attached hydrogens (tertiary/aromatic N) is 8. The van der Waals surface area contributed by atoms with Crippen LogP contribution in [-0.4, -0.2) is 34.7 Å². The molecule has 0 radical (unpaired) electrons. The first kappa shape index (κ1) is 15.3. The molecule has 0 fully saturated rings. The quantitative estimate of drug-likeness (QED) is 0.497. The van der Waals surface area contributed by atoms with Gasteiger partial charge in [-0.05, 0) is 29.8 Å². The van der Waals surface area contributed by atoms with Crippen LogP contribution in [0.3, 0.4) is 0 Å². The van der Waals surface area contributed by atoms with E-state index in [1.54, 1.807) is 29.6 Å². The summed E-state index contributed by atoms with van der Waals surface area (Å²) >= 11 is 0. The normalized spacial score (nSPS) is 11.7. The van der Waals surface area contributed by atoms with Gasteiger partial charge in [0.2, 0.25) is 0 Å². The Hall–Kier alpha value is -4.01. The van der Waals surface area contributed by atoms with Crippen LogP contribution in [0.2, 0.25) is 0 Å². The van der Waals surface area contributed by atoms with E-state index in [1.165, 1.54) is 6.33 Å². The maximum Gasteiger partial charge on any atom is 0.188 e. The van der Waals surface area contributed by atoms with Crippen LogP contribution in [0.1, 0.15) is 5.56 Å². The van der Waals surface area contributed by atoms with Crippen molar-refractivity contribution in [3.8, 4) is 5.69 Å². The lowest BCUT2D eigenvalue weighted by atomic mass is 10.2. The van der Waals surface area contributed by atoms with Gasteiger partial charge in [0.15, 0.2) is 11.5 Å². The fraction of sp³-hybridized carbons (Fsp3) is 0.0556. The molecule has 4 aromatic heterocycles. The number of azo groups is 1. The number of aromatic amines is 1. The van der Waals surface area contributed by atoms with E-state index in [0.717, 1.165) is 27.7 Å². The van der Waals surface area contributed by atoms with Gasteiger partial charge in [-0.1, -0.05) is 6.07 Å². The molecule has 9 heteroatoms. The monoisotopic (exact) mass is 355 g/mol. The zero-order chi connectivity index (χ0) is 18.1. The third kappa shape index (κ3) is 2.71. The molecule has 27 heavy (non-hydrogen) atoms. The minimum Gasteiger partial charge on any atom is -0.345 e. The minimum absolute atomic E-state index is 0.453. The molecule has 0 unspecified atom stereocenters. The van der Waals surface area contributed by atoms with E-state index >= 15 is 0 Å². The Morgan fingerprint density at radius 1 is 1.04 bits per heavy atom. The van der Waals surface area contributed by atoms with Gasteiger partial charge in [-0.3, -0.25) is 4.98 Å². The third-order valence-electron chi connectivity index (χ3n) is 4.17. The molecule has 0 saturated carbocycles. The van der Waals surface area contributed by atoms with E-state index in [2.05, 4.69) is 40.2 Å². The molecule has 5 aromatic rings. The van der Waals surface area contributed by atoms with Crippen LogP contribution in [0.5, 0.6) is 0 Å². The zero-order valence-electron chi connectivity index (χ0n) is 14.1. The van der Waals surface area contributed by atoms with Crippen LogP contribution in [0.4, 0.5) is 5.82 Å². The highest BCUT2D eigenvalue weighted by Crippen LogP contribution is 2.26. The van der Waals surface area contributed by atoms with Crippen LogP contribution >= 0.6 is 0 Å². The molecule has 0 amide bonds. The van der Waals surface area contributed by atoms with Gasteiger partial charge in [-0.25, -0.2) is 19.6 Å². The summed E-state index contributed by atoms with van der Waals surface area (Å²) in [5.41, 5.74) is 4.27. The largest absolute Gasteiger partial charge is 0.345 e. The lowest BCUT2D eigenvalue weighted by Crippen LogP contribution is -1.98. The Kier molecular flexibility index (Phi) is 3.60. The molecule has 1 aromatic carbocycles. The lowest BCUT2D eigenvalue weighted by Gasteiger charge is -2.03. The molecule has 130 valence electrons. The number of nitrogens with one attached hydrogen (secondary N) is 1. The van der Waals surface area contributed by atoms with Gasteiger partial charge in [0.05, 0.1) is 35.7 Å². The Morgan fingerprint density at radius 3 is 2.89 bits per heavy atom. The second-order valence-corrected chi connectivity index (χ2v) is 5.82. The topological polar surface area (TPSA) is 110 Å². The highest BCUT2D eigenvalue weighted by Gasteiger charge is 2.13. The number of fused-ring (bicyclic) bond motifs is 2. The molecule has 0 bridgehead atoms. The maximum atomic E-state index is 4.47. The van der Waals surface area contributed by atoms with Gasteiger partial charge in [-0.2, -0.15) is 10.2 Å². The van der Waals surface area contributed by atoms with Gasteiger partial charge in [0, 0.05) is 12.4 Å². The second-order valence-electron chi connectivity index (χ2n) is 5.82. The smallest absolute Gasteiger partial charge is 0.188 e. The average molecular weight is 355 g/mol. The van der Waals surface area contributed by atoms with Gasteiger partial charge < -0.3 is 4.98 Å². The maximum absolute atomic E-state index is 4.47. The number of H-pyrrole nitrogens is 1. The summed E-state index contributed by atoms with van der Waals surface area (Å²) in [5.74, 6) is 0.481. The molecule has 1 N–H and O–H groups in total. The minimum atomic E-state index is 0.453. The van der Waals surface area contributed by atoms with Crippen molar-refractivity contribution < 1.29 is 0 Å². The number of aromatic nitrogens is 7. The lowest BCUT2D eigenvalue weighted by molar-refractivity contribution is 0.899. The van der Waals surface area contributed by atoms with Crippen LogP contribution in [0.25, 0.3) is 27.8 Å². The molecule has 0 atom stereocenters. The Labute approximate surface area is 152 Å². The van der Waals surface area contributed by atoms with Crippen molar-refractivity contribution in [1.29, 1.82) is 0 Å². The van der Waals surface area contributed by atoms with Gasteiger partial charge >= 0.3 is 0 Å². The molecule has 5 rings (SSSR count). The summed E-state index contributed by atoms with van der Waals surface area (Å²) in [6.07, 6.45) is 8.28. The number of imidazole rings is 1. The number of benzene rings is 1. The number of para-hydroxylation sites is 1. The van der Waals surface area contributed by atoms with Crippen molar-refractivity contribution in [3.05, 3.63) is 67.1 Å². The predicted molar refractivity (Wildman–Crippen MR) is 98.8 cm³/mol. The fourth-order valence-electron chi connectivity index (χ4n) is 2.88. The molecular weight excluding hydrogens is 342 g/mol. The van der Waals surface area contributed by atoms with E-state index in [9.17, 15) is 0 Å². The highest BCUT2D eigenvalue weighted by molar-refractivity contribution is 5.89. The van der Waals surface area contributed by atoms with Crippen molar-refractivity contribution in [3.63, 3.8) is 0 Å². The molecule has 9 nitrogen and oxygen atoms in total. The van der Waals surface area contributed by atoms with Crippen LogP contribution in [0.15, 0.2) is 71.8 Å². The molecule has 0 aliphatic carbocycles. The summed E-state index contributed by atoms with van der Waals surface area (Å²) in [4.78, 5) is 20.1. The van der Waals surface area contributed by atoms with Crippen molar-refractivity contribution in [1.82, 2.24) is 34.7 Å². The van der Waals surface area contributed by atoms with Gasteiger partial charge in [0.1, 0.15) is 11.8 Å². The van der Waals surface area contributed by atoms with E-state index in [1.807, 2.05) is 30.3 Å². The van der Waals surface area contributed by atoms with E-state index in [0.29, 0.717) is 18.0 Å². The fourth-order valence-corrected chi connectivity index (χ4v) is 2.88. The van der Waals surface area contributed by atoms with E-state index in [-0.39, 0.29) is 0 Å². The first-order valence-corrected chi connectivity index (χ1v) is 8.28. The summed E-state index contributed by atoms with van der Waals surface area (Å²) in [5, 5.41) is 13.7. The molecule has 0 aliphatic rings. The van der Waals surface area contributed by atoms with Gasteiger partial charge in [0.25, 0.3) is 0 Å². The van der Waals surface area contributed by atoms with Crippen molar-refractivity contribution >= 4 is 27.9 Å². The van der Waals surface area contributed by atoms with Crippen molar-refractivity contribution in [2.45, 2.75) is 6.54 Å². The molecule has 0 aliphatic heterocycles. The first-order valence-electron chi connectivity index (χ1n) is 8.28. The van der Waals surface area contributed by atoms with Gasteiger partial charge in [-0.15, -0.1) is 5.11 Å². The number of hydrogen-bond acceptors (Lipinski definition) is 7. The predicted octanol–water partition coefficient (Wildman–Crippen LogP) is 3.37. The summed E-state index contributed by atoms with van der Waals surface area (Å²) in [6.45, 7) is 0.453. The molecule has 0 spiro atoms. The number of pyridine rings is 1. The summed E-state index contributed by atoms with van der Waals surface area (Å²) in [6, 6.07) is 9.65. The first-order chi connectivity index (χ1) is 13.4. The van der Waals surface area contributed by atoms with Crippen LogP contribution in [0, 0.1) is 0 Å². The SMILES string of the molecule is c1cc(-n2ncc3c(N=NCc4ccncc4)ncnc32)c2nc[nH]c2c1. The van der Waals surface area contributed by atoms with Crippen LogP contribution < -0.4 is 0 Å². The number of hydrogen-bond donors (Lipinski definition) is 1. The standard InChI is InChI=1S/C18H13N9/c1-2-14-16(21-10-20-14)15(3-1)27-18-13(9-25-27)17(22-11-23-18)26-24-8-12-4-6-19-7-5-12/h1-7,9-11H,8H2,(H,20,21).